The average Bonchev–Trinajstić information content (AvgIpc) is 2.67. The van der Waals surface area contributed by atoms with Crippen LogP contribution in [0.5, 0.6) is 0 Å². The minimum absolute atomic E-state index is 0.584. The lowest BCUT2D eigenvalue weighted by atomic mass is 10.1. The Morgan fingerprint density at radius 1 is 1.56 bits per heavy atom. The lowest BCUT2D eigenvalue weighted by Crippen LogP contribution is -2.22. The van der Waals surface area contributed by atoms with Crippen molar-refractivity contribution in [2.24, 2.45) is 5.92 Å². The molecule has 1 atom stereocenters. The Kier molecular flexibility index (Phi) is 3.56. The highest BCUT2D eigenvalue weighted by Gasteiger charge is 2.25. The molecule has 1 aliphatic heterocycles. The van der Waals surface area contributed by atoms with E-state index in [1.165, 1.54) is 0 Å². The second kappa shape index (κ2) is 4.93. The molecule has 3 nitrogen and oxygen atoms in total. The highest BCUT2D eigenvalue weighted by atomic mass is 35.5. The van der Waals surface area contributed by atoms with Crippen molar-refractivity contribution in [2.45, 2.75) is 6.42 Å². The number of para-hydroxylation sites is 1. The molecule has 2 N–H and O–H groups in total. The summed E-state index contributed by atoms with van der Waals surface area (Å²) in [5, 5.41) is 0.734. The Bertz CT molecular complexity index is 350. The predicted molar refractivity (Wildman–Crippen MR) is 68.1 cm³/mol. The topological polar surface area (TPSA) is 38.5 Å². The lowest BCUT2D eigenvalue weighted by molar-refractivity contribution is 0.161. The molecule has 1 aromatic carbocycles. The quantitative estimate of drug-likeness (QED) is 0.825. The van der Waals surface area contributed by atoms with Crippen molar-refractivity contribution in [3.05, 3.63) is 23.2 Å². The fraction of sp³-hybridized carbons (Fsp3) is 0.500. The molecule has 88 valence electrons. The van der Waals surface area contributed by atoms with E-state index in [0.717, 1.165) is 42.5 Å². The van der Waals surface area contributed by atoms with Crippen LogP contribution in [0.25, 0.3) is 0 Å². The van der Waals surface area contributed by atoms with Crippen LogP contribution in [0, 0.1) is 5.92 Å². The number of hydrogen-bond acceptors (Lipinski definition) is 3. The van der Waals surface area contributed by atoms with Gasteiger partial charge in [0.25, 0.3) is 0 Å². The molecular weight excluding hydrogens is 224 g/mol. The van der Waals surface area contributed by atoms with E-state index in [0.29, 0.717) is 5.92 Å². The third-order valence-corrected chi connectivity index (χ3v) is 3.33. The van der Waals surface area contributed by atoms with Gasteiger partial charge >= 0.3 is 0 Å². The molecule has 1 unspecified atom stereocenters. The van der Waals surface area contributed by atoms with Crippen molar-refractivity contribution in [1.29, 1.82) is 0 Å². The van der Waals surface area contributed by atoms with Crippen LogP contribution in [-0.2, 0) is 4.74 Å². The molecule has 1 heterocycles. The molecule has 0 saturated carbocycles. The summed E-state index contributed by atoms with van der Waals surface area (Å²) in [4.78, 5) is 2.25. The Hall–Kier alpha value is -0.930. The van der Waals surface area contributed by atoms with Crippen LogP contribution in [0.4, 0.5) is 11.4 Å². The number of hydrogen-bond donors (Lipinski definition) is 1. The maximum atomic E-state index is 6.18. The molecule has 0 radical (unpaired) electrons. The average molecular weight is 241 g/mol. The molecule has 0 aromatic heterocycles. The van der Waals surface area contributed by atoms with Gasteiger partial charge in [-0.15, -0.1) is 0 Å². The van der Waals surface area contributed by atoms with Crippen LogP contribution in [0.2, 0.25) is 5.02 Å². The number of nitrogen functional groups attached to an aromatic ring is 1. The van der Waals surface area contributed by atoms with Gasteiger partial charge < -0.3 is 15.4 Å². The zero-order valence-corrected chi connectivity index (χ0v) is 10.2. The summed E-state index contributed by atoms with van der Waals surface area (Å²) in [5.41, 5.74) is 7.69. The number of halogens is 1. The van der Waals surface area contributed by atoms with E-state index < -0.39 is 0 Å². The summed E-state index contributed by atoms with van der Waals surface area (Å²) in [6.45, 7) is 2.78. The van der Waals surface area contributed by atoms with Crippen molar-refractivity contribution in [2.75, 3.05) is 37.4 Å². The smallest absolute Gasteiger partial charge is 0.0789 e. The molecule has 1 aromatic rings. The molecule has 1 fully saturated rings. The van der Waals surface area contributed by atoms with Gasteiger partial charge in [0.15, 0.2) is 0 Å². The second-order valence-corrected chi connectivity index (χ2v) is 4.64. The van der Waals surface area contributed by atoms with E-state index in [-0.39, 0.29) is 0 Å². The summed E-state index contributed by atoms with van der Waals surface area (Å²) >= 11 is 6.18. The van der Waals surface area contributed by atoms with E-state index in [1.54, 1.807) is 7.11 Å². The first-order valence-corrected chi connectivity index (χ1v) is 5.88. The van der Waals surface area contributed by atoms with Crippen molar-refractivity contribution in [3.63, 3.8) is 0 Å². The highest BCUT2D eigenvalue weighted by Crippen LogP contribution is 2.35. The van der Waals surface area contributed by atoms with E-state index in [1.807, 2.05) is 18.2 Å². The largest absolute Gasteiger partial charge is 0.397 e. The molecular formula is C12H17ClN2O. The summed E-state index contributed by atoms with van der Waals surface area (Å²) in [7, 11) is 1.74. The molecule has 1 saturated heterocycles. The molecule has 0 bridgehead atoms. The van der Waals surface area contributed by atoms with Crippen LogP contribution >= 0.6 is 11.6 Å². The normalized spacial score (nSPS) is 20.4. The third kappa shape index (κ3) is 2.25. The molecule has 0 amide bonds. The Morgan fingerprint density at radius 2 is 2.38 bits per heavy atom. The van der Waals surface area contributed by atoms with Gasteiger partial charge in [-0.2, -0.15) is 0 Å². The van der Waals surface area contributed by atoms with Gasteiger partial charge in [0.1, 0.15) is 0 Å². The van der Waals surface area contributed by atoms with Crippen LogP contribution in [-0.4, -0.2) is 26.8 Å². The van der Waals surface area contributed by atoms with Gasteiger partial charge in [0.05, 0.1) is 23.0 Å². The van der Waals surface area contributed by atoms with Crippen LogP contribution in [0.3, 0.4) is 0 Å². The number of nitrogens with two attached hydrogens (primary N) is 1. The summed E-state index contributed by atoms with van der Waals surface area (Å²) in [6, 6.07) is 5.66. The van der Waals surface area contributed by atoms with Gasteiger partial charge in [0, 0.05) is 26.1 Å². The van der Waals surface area contributed by atoms with E-state index >= 15 is 0 Å². The standard InChI is InChI=1S/C12H17ClN2O/c1-16-8-9-5-6-15(7-9)12-10(13)3-2-4-11(12)14/h2-4,9H,5-8,14H2,1H3. The van der Waals surface area contributed by atoms with Gasteiger partial charge in [-0.25, -0.2) is 0 Å². The molecule has 0 spiro atoms. The summed E-state index contributed by atoms with van der Waals surface area (Å²) < 4.78 is 5.18. The number of nitrogens with zero attached hydrogens (tertiary/aromatic N) is 1. The zero-order valence-electron chi connectivity index (χ0n) is 9.45. The van der Waals surface area contributed by atoms with Gasteiger partial charge in [-0.05, 0) is 18.6 Å². The Balaban J connectivity index is 2.14. The molecule has 4 heteroatoms. The maximum absolute atomic E-state index is 6.18. The number of ether oxygens (including phenoxy) is 1. The van der Waals surface area contributed by atoms with Gasteiger partial charge in [0.2, 0.25) is 0 Å². The minimum atomic E-state index is 0.584. The lowest BCUT2D eigenvalue weighted by Gasteiger charge is -2.21. The summed E-state index contributed by atoms with van der Waals surface area (Å²) in [6.07, 6.45) is 1.14. The maximum Gasteiger partial charge on any atom is 0.0789 e. The number of benzene rings is 1. The fourth-order valence-electron chi connectivity index (χ4n) is 2.27. The fourth-order valence-corrected chi connectivity index (χ4v) is 2.57. The monoisotopic (exact) mass is 240 g/mol. The van der Waals surface area contributed by atoms with Crippen LogP contribution in [0.15, 0.2) is 18.2 Å². The van der Waals surface area contributed by atoms with E-state index in [9.17, 15) is 0 Å². The van der Waals surface area contributed by atoms with Gasteiger partial charge in [-0.1, -0.05) is 17.7 Å². The van der Waals surface area contributed by atoms with Crippen LogP contribution < -0.4 is 10.6 Å². The van der Waals surface area contributed by atoms with Crippen molar-refractivity contribution < 1.29 is 4.74 Å². The summed E-state index contributed by atoms with van der Waals surface area (Å²) in [5.74, 6) is 0.584. The van der Waals surface area contributed by atoms with E-state index in [2.05, 4.69) is 4.90 Å². The first-order chi connectivity index (χ1) is 7.72. The number of methoxy groups -OCH3 is 1. The molecule has 0 aliphatic carbocycles. The molecule has 1 aliphatic rings. The van der Waals surface area contributed by atoms with Crippen molar-refractivity contribution >= 4 is 23.0 Å². The molecule has 2 rings (SSSR count). The predicted octanol–water partition coefficient (Wildman–Crippen LogP) is 2.39. The first-order valence-electron chi connectivity index (χ1n) is 5.50. The Labute approximate surface area is 101 Å². The van der Waals surface area contributed by atoms with Crippen LogP contribution in [0.1, 0.15) is 6.42 Å². The second-order valence-electron chi connectivity index (χ2n) is 4.23. The highest BCUT2D eigenvalue weighted by molar-refractivity contribution is 6.34. The Morgan fingerprint density at radius 3 is 3.06 bits per heavy atom. The molecule has 16 heavy (non-hydrogen) atoms. The SMILES string of the molecule is COCC1CCN(c2c(N)cccc2Cl)C1. The van der Waals surface area contributed by atoms with Crippen molar-refractivity contribution in [3.8, 4) is 0 Å². The van der Waals surface area contributed by atoms with Gasteiger partial charge in [-0.3, -0.25) is 0 Å². The van der Waals surface area contributed by atoms with E-state index in [4.69, 9.17) is 22.1 Å². The first kappa shape index (κ1) is 11.6. The number of anilines is 2. The minimum Gasteiger partial charge on any atom is -0.397 e. The van der Waals surface area contributed by atoms with Crippen molar-refractivity contribution in [1.82, 2.24) is 0 Å². The number of rotatable bonds is 3. The zero-order chi connectivity index (χ0) is 11.5. The third-order valence-electron chi connectivity index (χ3n) is 3.02.